The lowest BCUT2D eigenvalue weighted by atomic mass is 10.1. The van der Waals surface area contributed by atoms with Crippen LogP contribution in [0.4, 0.5) is 20.2 Å². The SMILES string of the molecule is CCCC(C#N)S(=O)(=O)Nc1ccc(C(=O)C=Cc2ccc(N(CCF)CCF)cc2)cc1. The third kappa shape index (κ3) is 7.68. The maximum absolute atomic E-state index is 12.6. The Labute approximate surface area is 193 Å². The van der Waals surface area contributed by atoms with Crippen LogP contribution in [0, 0.1) is 11.3 Å². The Morgan fingerprint density at radius 2 is 1.70 bits per heavy atom. The molecule has 2 aromatic carbocycles. The van der Waals surface area contributed by atoms with E-state index in [0.29, 0.717) is 17.7 Å². The summed E-state index contributed by atoms with van der Waals surface area (Å²) < 4.78 is 52.2. The molecule has 0 radical (unpaired) electrons. The third-order valence-electron chi connectivity index (χ3n) is 4.89. The summed E-state index contributed by atoms with van der Waals surface area (Å²) in [5.74, 6) is -0.272. The van der Waals surface area contributed by atoms with E-state index in [9.17, 15) is 22.0 Å². The van der Waals surface area contributed by atoms with Crippen molar-refractivity contribution in [2.45, 2.75) is 25.0 Å². The molecule has 0 aromatic heterocycles. The minimum Gasteiger partial charge on any atom is -0.366 e. The van der Waals surface area contributed by atoms with E-state index in [1.807, 2.05) is 0 Å². The van der Waals surface area contributed by atoms with Gasteiger partial charge < -0.3 is 4.90 Å². The van der Waals surface area contributed by atoms with Crippen LogP contribution in [0.5, 0.6) is 0 Å². The van der Waals surface area contributed by atoms with Crippen LogP contribution in [0.3, 0.4) is 0 Å². The lowest BCUT2D eigenvalue weighted by molar-refractivity contribution is 0.104. The molecule has 2 aromatic rings. The summed E-state index contributed by atoms with van der Waals surface area (Å²) in [6.45, 7) is 0.872. The second kappa shape index (κ2) is 12.7. The molecule has 1 N–H and O–H groups in total. The lowest BCUT2D eigenvalue weighted by Gasteiger charge is -2.22. The van der Waals surface area contributed by atoms with Crippen LogP contribution in [0.15, 0.2) is 54.6 Å². The van der Waals surface area contributed by atoms with E-state index in [0.717, 1.165) is 5.56 Å². The van der Waals surface area contributed by atoms with Gasteiger partial charge in [-0.1, -0.05) is 31.6 Å². The van der Waals surface area contributed by atoms with Crippen molar-refractivity contribution in [1.82, 2.24) is 0 Å². The highest BCUT2D eigenvalue weighted by Crippen LogP contribution is 2.18. The second-order valence-electron chi connectivity index (χ2n) is 7.28. The number of carbonyl (C=O) groups excluding carboxylic acids is 1. The minimum atomic E-state index is -3.84. The van der Waals surface area contributed by atoms with E-state index in [1.165, 1.54) is 30.3 Å². The molecule has 9 heteroatoms. The van der Waals surface area contributed by atoms with E-state index < -0.39 is 28.6 Å². The first kappa shape index (κ1) is 26.0. The highest BCUT2D eigenvalue weighted by molar-refractivity contribution is 7.93. The first-order chi connectivity index (χ1) is 15.8. The Morgan fingerprint density at radius 1 is 1.09 bits per heavy atom. The number of benzene rings is 2. The largest absolute Gasteiger partial charge is 0.366 e. The number of ketones is 1. The van der Waals surface area contributed by atoms with Gasteiger partial charge in [-0.15, -0.1) is 0 Å². The third-order valence-corrected chi connectivity index (χ3v) is 6.50. The zero-order valence-electron chi connectivity index (χ0n) is 18.4. The van der Waals surface area contributed by atoms with E-state index in [4.69, 9.17) is 5.26 Å². The molecule has 0 bridgehead atoms. The summed E-state index contributed by atoms with van der Waals surface area (Å²) in [5, 5.41) is 7.94. The Bertz CT molecular complexity index is 1070. The van der Waals surface area contributed by atoms with E-state index >= 15 is 0 Å². The average Bonchev–Trinajstić information content (AvgIpc) is 2.81. The van der Waals surface area contributed by atoms with Crippen LogP contribution in [0.25, 0.3) is 6.08 Å². The zero-order chi connectivity index (χ0) is 24.3. The monoisotopic (exact) mass is 475 g/mol. The van der Waals surface area contributed by atoms with Crippen molar-refractivity contribution in [3.63, 3.8) is 0 Å². The first-order valence-corrected chi connectivity index (χ1v) is 12.1. The second-order valence-corrected chi connectivity index (χ2v) is 9.15. The Balaban J connectivity index is 2.03. The highest BCUT2D eigenvalue weighted by atomic mass is 32.2. The van der Waals surface area contributed by atoms with E-state index in [2.05, 4.69) is 4.72 Å². The molecular formula is C24H27F2N3O3S. The molecular weight excluding hydrogens is 448 g/mol. The molecule has 0 saturated heterocycles. The number of allylic oxidation sites excluding steroid dienone is 1. The number of nitriles is 1. The normalized spacial score (nSPS) is 12.3. The fourth-order valence-corrected chi connectivity index (χ4v) is 4.42. The number of nitrogens with one attached hydrogen (secondary N) is 1. The van der Waals surface area contributed by atoms with Gasteiger partial charge in [-0.05, 0) is 54.5 Å². The number of rotatable bonds is 13. The molecule has 0 fully saturated rings. The van der Waals surface area contributed by atoms with E-state index in [-0.39, 0.29) is 31.0 Å². The molecule has 0 aliphatic rings. The van der Waals surface area contributed by atoms with Crippen molar-refractivity contribution in [1.29, 1.82) is 5.26 Å². The number of nitrogens with zero attached hydrogens (tertiary/aromatic N) is 2. The summed E-state index contributed by atoms with van der Waals surface area (Å²) >= 11 is 0. The topological polar surface area (TPSA) is 90.3 Å². The first-order valence-electron chi connectivity index (χ1n) is 10.5. The molecule has 1 unspecified atom stereocenters. The van der Waals surface area contributed by atoms with Crippen molar-refractivity contribution in [2.24, 2.45) is 0 Å². The van der Waals surface area contributed by atoms with Gasteiger partial charge in [0.1, 0.15) is 13.3 Å². The summed E-state index contributed by atoms with van der Waals surface area (Å²) in [7, 11) is -3.84. The van der Waals surface area contributed by atoms with Crippen molar-refractivity contribution in [3.05, 3.63) is 65.7 Å². The van der Waals surface area contributed by atoms with Crippen molar-refractivity contribution < 1.29 is 22.0 Å². The predicted octanol–water partition coefficient (Wildman–Crippen LogP) is 4.76. The molecule has 0 aliphatic heterocycles. The van der Waals surface area contributed by atoms with Gasteiger partial charge in [-0.2, -0.15) is 5.26 Å². The molecule has 2 rings (SSSR count). The molecule has 33 heavy (non-hydrogen) atoms. The van der Waals surface area contributed by atoms with Gasteiger partial charge in [0.05, 0.1) is 6.07 Å². The van der Waals surface area contributed by atoms with Crippen LogP contribution in [-0.2, 0) is 10.0 Å². The van der Waals surface area contributed by atoms with Gasteiger partial charge in [-0.3, -0.25) is 9.52 Å². The molecule has 0 amide bonds. The lowest BCUT2D eigenvalue weighted by Crippen LogP contribution is -2.27. The van der Waals surface area contributed by atoms with Crippen molar-refractivity contribution >= 4 is 33.3 Å². The maximum atomic E-state index is 12.6. The number of hydrogen-bond acceptors (Lipinski definition) is 5. The summed E-state index contributed by atoms with van der Waals surface area (Å²) in [6.07, 6.45) is 3.81. The van der Waals surface area contributed by atoms with Crippen molar-refractivity contribution in [2.75, 3.05) is 36.1 Å². The van der Waals surface area contributed by atoms with Crippen LogP contribution in [0.2, 0.25) is 0 Å². The number of halogens is 2. The van der Waals surface area contributed by atoms with Crippen LogP contribution < -0.4 is 9.62 Å². The highest BCUT2D eigenvalue weighted by Gasteiger charge is 2.24. The summed E-state index contributed by atoms with van der Waals surface area (Å²) in [4.78, 5) is 14.0. The summed E-state index contributed by atoms with van der Waals surface area (Å²) in [5.41, 5.74) is 2.08. The number of carbonyl (C=O) groups is 1. The molecule has 6 nitrogen and oxygen atoms in total. The Hall–Kier alpha value is -3.25. The average molecular weight is 476 g/mol. The van der Waals surface area contributed by atoms with Gasteiger partial charge in [0, 0.05) is 30.0 Å². The quantitative estimate of drug-likeness (QED) is 0.333. The zero-order valence-corrected chi connectivity index (χ0v) is 19.2. The molecule has 0 spiro atoms. The van der Waals surface area contributed by atoms with Gasteiger partial charge in [-0.25, -0.2) is 17.2 Å². The molecule has 176 valence electrons. The number of anilines is 2. The maximum Gasteiger partial charge on any atom is 0.249 e. The number of alkyl halides is 2. The smallest absolute Gasteiger partial charge is 0.249 e. The molecule has 0 heterocycles. The molecule has 0 saturated carbocycles. The standard InChI is InChI=1S/C24H27F2N3O3S/c1-2-3-23(18-27)33(31,32)28-21-9-7-20(8-10-21)24(30)13-6-19-4-11-22(12-5-19)29(16-14-25)17-15-26/h4-13,23,28H,2-3,14-17H2,1H3. The number of hydrogen-bond donors (Lipinski definition) is 1. The minimum absolute atomic E-state index is 0.111. The Kier molecular flexibility index (Phi) is 10.0. The van der Waals surface area contributed by atoms with Crippen LogP contribution in [0.1, 0.15) is 35.7 Å². The van der Waals surface area contributed by atoms with Gasteiger partial charge in [0.2, 0.25) is 10.0 Å². The van der Waals surface area contributed by atoms with Gasteiger partial charge >= 0.3 is 0 Å². The predicted molar refractivity (Wildman–Crippen MR) is 127 cm³/mol. The van der Waals surface area contributed by atoms with Gasteiger partial charge in [0.25, 0.3) is 0 Å². The summed E-state index contributed by atoms with van der Waals surface area (Å²) in [6, 6.07) is 14.7. The fourth-order valence-electron chi connectivity index (χ4n) is 3.13. The molecule has 1 atom stereocenters. The van der Waals surface area contributed by atoms with E-state index in [1.54, 1.807) is 48.2 Å². The molecule has 0 aliphatic carbocycles. The fraction of sp³-hybridized carbons (Fsp3) is 0.333. The van der Waals surface area contributed by atoms with Crippen molar-refractivity contribution in [3.8, 4) is 6.07 Å². The van der Waals surface area contributed by atoms with Crippen LogP contribution >= 0.6 is 0 Å². The van der Waals surface area contributed by atoms with Crippen LogP contribution in [-0.4, -0.2) is 45.9 Å². The Morgan fingerprint density at radius 3 is 2.21 bits per heavy atom. The van der Waals surface area contributed by atoms with Gasteiger partial charge in [0.15, 0.2) is 11.0 Å². The number of sulfonamides is 1.